The number of halogens is 1. The third-order valence-electron chi connectivity index (χ3n) is 5.31. The largest absolute Gasteiger partial charge is 0.167 e. The fourth-order valence-electron chi connectivity index (χ4n) is 2.92. The zero-order chi connectivity index (χ0) is 19.0. The lowest BCUT2D eigenvalue weighted by molar-refractivity contribution is 0.729. The van der Waals surface area contributed by atoms with E-state index in [2.05, 4.69) is 44.6 Å². The highest BCUT2D eigenvalue weighted by Crippen LogP contribution is 2.35. The SMILES string of the molecule is C#CCCCCC.CCCCC/C=C/[Si]1(C)CCC1.C[Si]1(Cl)CCC1. The average Bonchev–Trinajstić information content (AvgIpc) is 2.53. The number of terminal acetylenes is 1. The summed E-state index contributed by atoms with van der Waals surface area (Å²) in [4.78, 5) is 0. The minimum Gasteiger partial charge on any atom is -0.167 e. The Labute approximate surface area is 165 Å². The number of allylic oxidation sites excluding steroid dienone is 1. The summed E-state index contributed by atoms with van der Waals surface area (Å²) < 4.78 is 0. The van der Waals surface area contributed by atoms with E-state index in [4.69, 9.17) is 17.5 Å². The Hall–Kier alpha value is 0.0238. The number of hydrogen-bond acceptors (Lipinski definition) is 0. The molecule has 2 fully saturated rings. The van der Waals surface area contributed by atoms with Crippen molar-refractivity contribution in [3.8, 4) is 12.3 Å². The second kappa shape index (κ2) is 15.1. The Morgan fingerprint density at radius 1 is 0.920 bits per heavy atom. The van der Waals surface area contributed by atoms with Gasteiger partial charge in [0, 0.05) is 6.42 Å². The van der Waals surface area contributed by atoms with E-state index in [0.717, 1.165) is 6.42 Å². The average molecular weight is 399 g/mol. The lowest BCUT2D eigenvalue weighted by Crippen LogP contribution is -2.35. The summed E-state index contributed by atoms with van der Waals surface area (Å²) in [6.07, 6.45) is 20.6. The van der Waals surface area contributed by atoms with E-state index in [1.807, 2.05) is 0 Å². The van der Waals surface area contributed by atoms with Crippen molar-refractivity contribution < 1.29 is 0 Å². The third kappa shape index (κ3) is 14.8. The Kier molecular flexibility index (Phi) is 15.1. The first-order valence-electron chi connectivity index (χ1n) is 10.7. The Morgan fingerprint density at radius 3 is 1.80 bits per heavy atom. The van der Waals surface area contributed by atoms with Crippen LogP contribution in [-0.2, 0) is 0 Å². The van der Waals surface area contributed by atoms with Crippen LogP contribution in [-0.4, -0.2) is 15.5 Å². The molecule has 0 N–H and O–H groups in total. The van der Waals surface area contributed by atoms with Crippen molar-refractivity contribution in [2.75, 3.05) is 0 Å². The van der Waals surface area contributed by atoms with Crippen molar-refractivity contribution >= 4 is 26.5 Å². The highest BCUT2D eigenvalue weighted by molar-refractivity contribution is 7.21. The minimum absolute atomic E-state index is 0.737. The molecule has 0 amide bonds. The van der Waals surface area contributed by atoms with Crippen molar-refractivity contribution in [3.63, 3.8) is 0 Å². The topological polar surface area (TPSA) is 0 Å². The lowest BCUT2D eigenvalue weighted by atomic mass is 10.2. The molecule has 0 aromatic heterocycles. The van der Waals surface area contributed by atoms with Crippen molar-refractivity contribution in [2.24, 2.45) is 0 Å². The van der Waals surface area contributed by atoms with Gasteiger partial charge < -0.3 is 0 Å². The van der Waals surface area contributed by atoms with Crippen LogP contribution in [0.3, 0.4) is 0 Å². The molecule has 2 aliphatic heterocycles. The van der Waals surface area contributed by atoms with Gasteiger partial charge in [0.2, 0.25) is 0 Å². The first-order chi connectivity index (χ1) is 11.9. The van der Waals surface area contributed by atoms with Crippen LogP contribution in [0.4, 0.5) is 0 Å². The molecular weight excluding hydrogens is 356 g/mol. The molecule has 0 spiro atoms. The van der Waals surface area contributed by atoms with Crippen LogP contribution in [0.5, 0.6) is 0 Å². The highest BCUT2D eigenvalue weighted by Gasteiger charge is 2.31. The van der Waals surface area contributed by atoms with Crippen LogP contribution in [0.1, 0.15) is 78.1 Å². The zero-order valence-electron chi connectivity index (χ0n) is 17.5. The van der Waals surface area contributed by atoms with Crippen LogP contribution in [0.2, 0.25) is 37.3 Å². The van der Waals surface area contributed by atoms with E-state index in [0.29, 0.717) is 0 Å². The molecule has 146 valence electrons. The predicted molar refractivity (Wildman–Crippen MR) is 124 cm³/mol. The monoisotopic (exact) mass is 398 g/mol. The molecule has 0 radical (unpaired) electrons. The maximum atomic E-state index is 5.94. The van der Waals surface area contributed by atoms with Gasteiger partial charge >= 0.3 is 0 Å². The first kappa shape index (κ1) is 25.0. The van der Waals surface area contributed by atoms with E-state index >= 15 is 0 Å². The highest BCUT2D eigenvalue weighted by atomic mass is 35.6. The third-order valence-corrected chi connectivity index (χ3v) is 13.3. The molecule has 2 rings (SSSR count). The van der Waals surface area contributed by atoms with Crippen LogP contribution in [0.15, 0.2) is 11.8 Å². The quantitative estimate of drug-likeness (QED) is 0.166. The summed E-state index contributed by atoms with van der Waals surface area (Å²) in [7, 11) is -1.72. The summed E-state index contributed by atoms with van der Waals surface area (Å²) in [5.74, 6) is 2.60. The van der Waals surface area contributed by atoms with Crippen LogP contribution >= 0.6 is 11.1 Å². The zero-order valence-corrected chi connectivity index (χ0v) is 20.3. The second-order valence-electron chi connectivity index (χ2n) is 8.33. The molecule has 25 heavy (non-hydrogen) atoms. The minimum atomic E-state index is -0.978. The molecule has 2 heterocycles. The van der Waals surface area contributed by atoms with Gasteiger partial charge in [-0.2, -0.15) is 11.1 Å². The Morgan fingerprint density at radius 2 is 1.44 bits per heavy atom. The molecule has 3 heteroatoms. The van der Waals surface area contributed by atoms with Gasteiger partial charge in [-0.1, -0.05) is 89.3 Å². The fraction of sp³-hybridized carbons (Fsp3) is 0.818. The molecule has 2 saturated heterocycles. The molecule has 0 unspecified atom stereocenters. The van der Waals surface area contributed by atoms with Gasteiger partial charge in [0.1, 0.15) is 0 Å². The van der Waals surface area contributed by atoms with Gasteiger partial charge in [-0.15, -0.1) is 12.3 Å². The fourth-order valence-corrected chi connectivity index (χ4v) is 7.59. The normalized spacial score (nSPS) is 19.4. The Balaban J connectivity index is 0.000000377. The smallest absolute Gasteiger partial charge is 0.153 e. The number of hydrogen-bond donors (Lipinski definition) is 0. The molecule has 0 aliphatic carbocycles. The molecule has 0 aromatic rings. The summed E-state index contributed by atoms with van der Waals surface area (Å²) in [6, 6.07) is 5.82. The van der Waals surface area contributed by atoms with Gasteiger partial charge in [0.05, 0.1) is 8.07 Å². The van der Waals surface area contributed by atoms with E-state index < -0.39 is 15.5 Å². The second-order valence-corrected chi connectivity index (χ2v) is 19.5. The van der Waals surface area contributed by atoms with Crippen LogP contribution in [0, 0.1) is 12.3 Å². The van der Waals surface area contributed by atoms with Crippen molar-refractivity contribution in [2.45, 2.75) is 115 Å². The molecule has 0 bridgehead atoms. The van der Waals surface area contributed by atoms with Gasteiger partial charge in [-0.3, -0.25) is 0 Å². The van der Waals surface area contributed by atoms with Gasteiger partial charge in [0.15, 0.2) is 7.38 Å². The summed E-state index contributed by atoms with van der Waals surface area (Å²) in [5.41, 5.74) is 2.59. The molecule has 0 saturated carbocycles. The van der Waals surface area contributed by atoms with Gasteiger partial charge in [0.25, 0.3) is 0 Å². The summed E-state index contributed by atoms with van der Waals surface area (Å²) in [6.45, 7) is 9.20. The molecule has 0 nitrogen and oxygen atoms in total. The van der Waals surface area contributed by atoms with Crippen LogP contribution in [0.25, 0.3) is 0 Å². The number of unbranched alkanes of at least 4 members (excludes halogenated alkanes) is 6. The van der Waals surface area contributed by atoms with Crippen molar-refractivity contribution in [1.82, 2.24) is 0 Å². The summed E-state index contributed by atoms with van der Waals surface area (Å²) in [5, 5.41) is 0. The van der Waals surface area contributed by atoms with Gasteiger partial charge in [-0.25, -0.2) is 0 Å². The van der Waals surface area contributed by atoms with Crippen molar-refractivity contribution in [1.29, 1.82) is 0 Å². The molecule has 0 atom stereocenters. The molecular formula is C22H43ClSi2. The van der Waals surface area contributed by atoms with Gasteiger partial charge in [-0.05, 0) is 31.4 Å². The molecule has 0 aromatic carbocycles. The lowest BCUT2D eigenvalue weighted by Gasteiger charge is -2.32. The van der Waals surface area contributed by atoms with Crippen molar-refractivity contribution in [3.05, 3.63) is 11.8 Å². The standard InChI is InChI=1S/C11H22Si.C7H12.C4H9ClSi/c1-3-4-5-6-7-9-12(2)10-8-11-12;1-3-5-7-6-4-2;1-6(5)3-2-4-6/h7,9H,3-6,8,10-11H2,1-2H3;1H,4-7H2,2H3;2-4H2,1H3/b9-7+;;. The van der Waals surface area contributed by atoms with E-state index in [1.165, 1.54) is 69.9 Å². The van der Waals surface area contributed by atoms with E-state index in [9.17, 15) is 0 Å². The maximum absolute atomic E-state index is 5.94. The predicted octanol–water partition coefficient (Wildman–Crippen LogP) is 8.55. The summed E-state index contributed by atoms with van der Waals surface area (Å²) >= 11 is 5.94. The van der Waals surface area contributed by atoms with E-state index in [1.54, 1.807) is 12.1 Å². The first-order valence-corrected chi connectivity index (χ1v) is 17.6. The number of rotatable bonds is 8. The van der Waals surface area contributed by atoms with E-state index in [-0.39, 0.29) is 0 Å². The Bertz CT molecular complexity index is 372. The molecule has 2 aliphatic rings. The van der Waals surface area contributed by atoms with Crippen LogP contribution < -0.4 is 0 Å². The maximum Gasteiger partial charge on any atom is 0.153 e.